The Hall–Kier alpha value is -0.570. The summed E-state index contributed by atoms with van der Waals surface area (Å²) >= 11 is 6.04. The van der Waals surface area contributed by atoms with Gasteiger partial charge in [-0.1, -0.05) is 42.6 Å². The average molecular weight is 240 g/mol. The molecule has 0 saturated heterocycles. The molecule has 0 unspecified atom stereocenters. The van der Waals surface area contributed by atoms with Gasteiger partial charge in [0.25, 0.3) is 0 Å². The van der Waals surface area contributed by atoms with Crippen molar-refractivity contribution in [2.24, 2.45) is 5.73 Å². The van der Waals surface area contributed by atoms with E-state index < -0.39 is 0 Å². The van der Waals surface area contributed by atoms with E-state index in [1.54, 1.807) is 0 Å². The predicted octanol–water partition coefficient (Wildman–Crippen LogP) is 3.13. The van der Waals surface area contributed by atoms with Crippen LogP contribution in [0, 0.1) is 0 Å². The normalized spacial score (nSPS) is 18.9. The van der Waals surface area contributed by atoms with Crippen LogP contribution in [0.4, 0.5) is 0 Å². The largest absolute Gasteiger partial charge is 0.375 e. The molecule has 1 saturated carbocycles. The maximum absolute atomic E-state index is 6.20. The lowest BCUT2D eigenvalue weighted by molar-refractivity contribution is 0.0751. The second kappa shape index (κ2) is 5.17. The van der Waals surface area contributed by atoms with Gasteiger partial charge in [0.15, 0.2) is 0 Å². The van der Waals surface area contributed by atoms with Crippen LogP contribution in [0.15, 0.2) is 24.3 Å². The van der Waals surface area contributed by atoms with Crippen molar-refractivity contribution in [1.82, 2.24) is 0 Å². The Bertz CT molecular complexity index is 348. The highest BCUT2D eigenvalue weighted by Crippen LogP contribution is 2.27. The van der Waals surface area contributed by atoms with Crippen molar-refractivity contribution < 1.29 is 4.74 Å². The lowest BCUT2D eigenvalue weighted by Gasteiger charge is -2.23. The van der Waals surface area contributed by atoms with Crippen LogP contribution in [0.5, 0.6) is 0 Å². The topological polar surface area (TPSA) is 35.2 Å². The second-order valence-corrected chi connectivity index (χ2v) is 5.06. The standard InChI is InChI=1S/C13H18ClNO/c14-12-6-2-1-5-11(12)9-16-10-13(15)7-3-4-8-13/h1-2,5-6H,3-4,7-10,15H2. The minimum absolute atomic E-state index is 0.0960. The maximum Gasteiger partial charge on any atom is 0.0732 e. The van der Waals surface area contributed by atoms with Crippen molar-refractivity contribution in [3.8, 4) is 0 Å². The zero-order valence-corrected chi connectivity index (χ0v) is 10.2. The Morgan fingerprint density at radius 2 is 1.94 bits per heavy atom. The van der Waals surface area contributed by atoms with E-state index in [4.69, 9.17) is 22.1 Å². The van der Waals surface area contributed by atoms with E-state index >= 15 is 0 Å². The molecule has 0 radical (unpaired) electrons. The van der Waals surface area contributed by atoms with Crippen molar-refractivity contribution >= 4 is 11.6 Å². The lowest BCUT2D eigenvalue weighted by atomic mass is 10.0. The molecule has 1 aliphatic rings. The molecule has 16 heavy (non-hydrogen) atoms. The number of hydrogen-bond acceptors (Lipinski definition) is 2. The van der Waals surface area contributed by atoms with E-state index in [1.165, 1.54) is 12.8 Å². The zero-order valence-electron chi connectivity index (χ0n) is 9.42. The zero-order chi connectivity index (χ0) is 11.4. The number of halogens is 1. The third-order valence-electron chi connectivity index (χ3n) is 3.20. The first-order chi connectivity index (χ1) is 7.70. The summed E-state index contributed by atoms with van der Waals surface area (Å²) in [5, 5.41) is 0.764. The molecular formula is C13H18ClNO. The molecule has 3 heteroatoms. The summed E-state index contributed by atoms with van der Waals surface area (Å²) in [5.74, 6) is 0. The molecule has 2 nitrogen and oxygen atoms in total. The quantitative estimate of drug-likeness (QED) is 0.876. The van der Waals surface area contributed by atoms with Gasteiger partial charge in [0.2, 0.25) is 0 Å². The summed E-state index contributed by atoms with van der Waals surface area (Å²) in [6.45, 7) is 1.19. The van der Waals surface area contributed by atoms with Crippen LogP contribution in [0.1, 0.15) is 31.2 Å². The fourth-order valence-corrected chi connectivity index (χ4v) is 2.39. The number of hydrogen-bond donors (Lipinski definition) is 1. The molecule has 1 aromatic carbocycles. The van der Waals surface area contributed by atoms with Crippen LogP contribution >= 0.6 is 11.6 Å². The van der Waals surface area contributed by atoms with Crippen LogP contribution in [-0.2, 0) is 11.3 Å². The van der Waals surface area contributed by atoms with Crippen molar-refractivity contribution in [2.75, 3.05) is 6.61 Å². The fraction of sp³-hybridized carbons (Fsp3) is 0.538. The molecule has 0 spiro atoms. The van der Waals surface area contributed by atoms with E-state index in [0.717, 1.165) is 23.4 Å². The molecule has 88 valence electrons. The van der Waals surface area contributed by atoms with Crippen molar-refractivity contribution in [3.63, 3.8) is 0 Å². The maximum atomic E-state index is 6.20. The fourth-order valence-electron chi connectivity index (χ4n) is 2.20. The van der Waals surface area contributed by atoms with Gasteiger partial charge in [0.1, 0.15) is 0 Å². The first-order valence-corrected chi connectivity index (χ1v) is 6.17. The van der Waals surface area contributed by atoms with Gasteiger partial charge >= 0.3 is 0 Å². The first-order valence-electron chi connectivity index (χ1n) is 5.80. The molecule has 2 N–H and O–H groups in total. The monoisotopic (exact) mass is 239 g/mol. The molecule has 0 aliphatic heterocycles. The van der Waals surface area contributed by atoms with Crippen LogP contribution < -0.4 is 5.73 Å². The molecule has 0 heterocycles. The molecule has 0 aromatic heterocycles. The minimum Gasteiger partial charge on any atom is -0.375 e. The van der Waals surface area contributed by atoms with Crippen LogP contribution in [0.2, 0.25) is 5.02 Å². The van der Waals surface area contributed by atoms with Gasteiger partial charge in [-0.2, -0.15) is 0 Å². The van der Waals surface area contributed by atoms with Gasteiger partial charge in [-0.3, -0.25) is 0 Å². The lowest BCUT2D eigenvalue weighted by Crippen LogP contribution is -2.41. The Kier molecular flexibility index (Phi) is 3.85. The van der Waals surface area contributed by atoms with Crippen LogP contribution in [0.3, 0.4) is 0 Å². The molecular weight excluding hydrogens is 222 g/mol. The molecule has 0 atom stereocenters. The molecule has 1 aliphatic carbocycles. The Balaban J connectivity index is 1.82. The summed E-state index contributed by atoms with van der Waals surface area (Å²) in [6, 6.07) is 7.76. The summed E-state index contributed by atoms with van der Waals surface area (Å²) in [5.41, 5.74) is 7.14. The van der Waals surface area contributed by atoms with Crippen molar-refractivity contribution in [1.29, 1.82) is 0 Å². The van der Waals surface area contributed by atoms with E-state index in [1.807, 2.05) is 24.3 Å². The highest BCUT2D eigenvalue weighted by atomic mass is 35.5. The number of ether oxygens (including phenoxy) is 1. The smallest absolute Gasteiger partial charge is 0.0732 e. The number of nitrogens with two attached hydrogens (primary N) is 1. The van der Waals surface area contributed by atoms with Crippen LogP contribution in [-0.4, -0.2) is 12.1 Å². The second-order valence-electron chi connectivity index (χ2n) is 4.65. The van der Waals surface area contributed by atoms with Crippen molar-refractivity contribution in [2.45, 2.75) is 37.8 Å². The van der Waals surface area contributed by atoms with Gasteiger partial charge in [0.05, 0.1) is 13.2 Å². The van der Waals surface area contributed by atoms with Crippen molar-refractivity contribution in [3.05, 3.63) is 34.9 Å². The Morgan fingerprint density at radius 3 is 2.62 bits per heavy atom. The molecule has 2 rings (SSSR count). The molecule has 1 aromatic rings. The minimum atomic E-state index is -0.0960. The highest BCUT2D eigenvalue weighted by molar-refractivity contribution is 6.31. The number of rotatable bonds is 4. The third kappa shape index (κ3) is 2.97. The molecule has 0 amide bonds. The molecule has 1 fully saturated rings. The summed E-state index contributed by atoms with van der Waals surface area (Å²) in [4.78, 5) is 0. The van der Waals surface area contributed by atoms with E-state index in [-0.39, 0.29) is 5.54 Å². The molecule has 0 bridgehead atoms. The third-order valence-corrected chi connectivity index (χ3v) is 3.57. The first kappa shape index (κ1) is 11.9. The van der Waals surface area contributed by atoms with E-state index in [2.05, 4.69) is 0 Å². The Labute approximate surface area is 102 Å². The predicted molar refractivity (Wildman–Crippen MR) is 66.5 cm³/mol. The summed E-state index contributed by atoms with van der Waals surface area (Å²) < 4.78 is 5.68. The van der Waals surface area contributed by atoms with E-state index in [9.17, 15) is 0 Å². The summed E-state index contributed by atoms with van der Waals surface area (Å²) in [7, 11) is 0. The van der Waals surface area contributed by atoms with Gasteiger partial charge < -0.3 is 10.5 Å². The Morgan fingerprint density at radius 1 is 1.25 bits per heavy atom. The van der Waals surface area contributed by atoms with E-state index in [0.29, 0.717) is 13.2 Å². The van der Waals surface area contributed by atoms with Gasteiger partial charge in [0, 0.05) is 10.6 Å². The number of benzene rings is 1. The van der Waals surface area contributed by atoms with Gasteiger partial charge in [-0.25, -0.2) is 0 Å². The van der Waals surface area contributed by atoms with Gasteiger partial charge in [-0.15, -0.1) is 0 Å². The van der Waals surface area contributed by atoms with Crippen LogP contribution in [0.25, 0.3) is 0 Å². The summed E-state index contributed by atoms with van der Waals surface area (Å²) in [6.07, 6.45) is 4.61. The highest BCUT2D eigenvalue weighted by Gasteiger charge is 2.29. The average Bonchev–Trinajstić information content (AvgIpc) is 2.68. The van der Waals surface area contributed by atoms with Gasteiger partial charge in [-0.05, 0) is 24.5 Å². The SMILES string of the molecule is NC1(COCc2ccccc2Cl)CCCC1.